The Morgan fingerprint density at radius 3 is 2.12 bits per heavy atom. The minimum absolute atomic E-state index is 0.0211. The molecule has 3 rings (SSSR count). The molecule has 0 bridgehead atoms. The highest BCUT2D eigenvalue weighted by atomic mass is 32.2. The van der Waals surface area contributed by atoms with Crippen molar-refractivity contribution in [2.75, 3.05) is 19.6 Å². The zero-order valence-electron chi connectivity index (χ0n) is 28.2. The quantitative estimate of drug-likeness (QED) is 0.128. The molecule has 264 valence electrons. The third kappa shape index (κ3) is 11.4. The zero-order chi connectivity index (χ0) is 36.4. The fraction of sp³-hybridized carbons (Fsp3) is 0.412. The average Bonchev–Trinajstić information content (AvgIpc) is 3.05. The first kappa shape index (κ1) is 38.7. The molecule has 49 heavy (non-hydrogen) atoms. The summed E-state index contributed by atoms with van der Waals surface area (Å²) in [6.45, 7) is 8.05. The molecule has 4 N–H and O–H groups in total. The maximum Gasteiger partial charge on any atom is 0.270 e. The van der Waals surface area contributed by atoms with Gasteiger partial charge in [0.2, 0.25) is 21.8 Å². The number of aromatic nitrogens is 1. The van der Waals surface area contributed by atoms with Crippen LogP contribution in [0, 0.1) is 21.4 Å². The van der Waals surface area contributed by atoms with Crippen molar-refractivity contribution in [2.24, 2.45) is 11.3 Å². The molecule has 14 nitrogen and oxygen atoms in total. The van der Waals surface area contributed by atoms with E-state index in [0.717, 1.165) is 34.1 Å². The van der Waals surface area contributed by atoms with Crippen molar-refractivity contribution >= 4 is 33.4 Å². The normalized spacial score (nSPS) is 13.7. The van der Waals surface area contributed by atoms with E-state index >= 15 is 0 Å². The number of amides is 3. The van der Waals surface area contributed by atoms with E-state index in [2.05, 4.69) is 20.9 Å². The molecule has 0 aliphatic carbocycles. The monoisotopic (exact) mass is 696 g/mol. The van der Waals surface area contributed by atoms with E-state index in [1.54, 1.807) is 57.2 Å². The van der Waals surface area contributed by atoms with Gasteiger partial charge in [-0.2, -0.15) is 4.31 Å². The van der Waals surface area contributed by atoms with Gasteiger partial charge < -0.3 is 21.1 Å². The largest absolute Gasteiger partial charge is 0.390 e. The van der Waals surface area contributed by atoms with Crippen LogP contribution in [0.3, 0.4) is 0 Å². The summed E-state index contributed by atoms with van der Waals surface area (Å²) in [6, 6.07) is 16.2. The van der Waals surface area contributed by atoms with Gasteiger partial charge in [0.05, 0.1) is 28.5 Å². The van der Waals surface area contributed by atoms with Crippen LogP contribution in [0.2, 0.25) is 0 Å². The number of hydrogen-bond donors (Lipinski definition) is 4. The third-order valence-electron chi connectivity index (χ3n) is 7.48. The lowest BCUT2D eigenvalue weighted by molar-refractivity contribution is -0.384. The van der Waals surface area contributed by atoms with Crippen LogP contribution in [0.1, 0.15) is 50.7 Å². The predicted octanol–water partition coefficient (Wildman–Crippen LogP) is 2.69. The van der Waals surface area contributed by atoms with E-state index in [9.17, 15) is 38.0 Å². The number of non-ortho nitro benzene ring substituents is 1. The fourth-order valence-corrected chi connectivity index (χ4v) is 6.58. The zero-order valence-corrected chi connectivity index (χ0v) is 29.0. The number of nitrogens with zero attached hydrogens (tertiary/aromatic N) is 3. The molecule has 3 aromatic rings. The molecule has 0 aliphatic heterocycles. The number of aliphatic hydroxyl groups excluding tert-OH is 1. The van der Waals surface area contributed by atoms with Crippen molar-refractivity contribution < 1.29 is 32.8 Å². The average molecular weight is 697 g/mol. The Bertz CT molecular complexity index is 1680. The van der Waals surface area contributed by atoms with Gasteiger partial charge in [0.25, 0.3) is 11.6 Å². The van der Waals surface area contributed by atoms with Gasteiger partial charge in [-0.25, -0.2) is 8.42 Å². The summed E-state index contributed by atoms with van der Waals surface area (Å²) in [4.78, 5) is 53.4. The van der Waals surface area contributed by atoms with Crippen LogP contribution in [0.5, 0.6) is 0 Å². The van der Waals surface area contributed by atoms with Gasteiger partial charge in [-0.3, -0.25) is 29.5 Å². The van der Waals surface area contributed by atoms with Gasteiger partial charge in [-0.15, -0.1) is 0 Å². The van der Waals surface area contributed by atoms with Crippen molar-refractivity contribution in [1.82, 2.24) is 25.2 Å². The van der Waals surface area contributed by atoms with Crippen LogP contribution < -0.4 is 16.0 Å². The summed E-state index contributed by atoms with van der Waals surface area (Å²) in [7, 11) is -4.22. The first-order valence-electron chi connectivity index (χ1n) is 15.7. The van der Waals surface area contributed by atoms with Gasteiger partial charge in [-0.05, 0) is 47.6 Å². The third-order valence-corrected chi connectivity index (χ3v) is 9.32. The maximum atomic E-state index is 13.8. The molecule has 3 atom stereocenters. The van der Waals surface area contributed by atoms with Gasteiger partial charge in [-0.1, -0.05) is 71.0 Å². The molecule has 0 saturated heterocycles. The lowest BCUT2D eigenvalue weighted by Gasteiger charge is -2.34. The molecule has 15 heteroatoms. The molecule has 0 aliphatic rings. The minimum Gasteiger partial charge on any atom is -0.390 e. The number of aliphatic hydroxyl groups is 1. The minimum atomic E-state index is -4.22. The van der Waals surface area contributed by atoms with Crippen LogP contribution in [0.4, 0.5) is 5.69 Å². The first-order valence-corrected chi connectivity index (χ1v) is 17.2. The molecular weight excluding hydrogens is 652 g/mol. The van der Waals surface area contributed by atoms with Gasteiger partial charge in [0, 0.05) is 31.4 Å². The van der Waals surface area contributed by atoms with Crippen molar-refractivity contribution in [1.29, 1.82) is 0 Å². The van der Waals surface area contributed by atoms with E-state index in [0.29, 0.717) is 0 Å². The highest BCUT2D eigenvalue weighted by molar-refractivity contribution is 7.89. The second kappa shape index (κ2) is 17.1. The van der Waals surface area contributed by atoms with Crippen LogP contribution in [-0.2, 0) is 26.0 Å². The molecule has 0 fully saturated rings. The SMILES string of the molecule is CC(C)CN(C[C@@H](O)[C@H](Cc1ccccc1)NC(=O)[C@@H](NC(=O)CNC(=O)c1ccccn1)C(C)(C)C)S(=O)(=O)c1ccc([N+](=O)[O-])cc1. The van der Waals surface area contributed by atoms with E-state index in [1.165, 1.54) is 12.3 Å². The lowest BCUT2D eigenvalue weighted by Crippen LogP contribution is -2.59. The fourth-order valence-electron chi connectivity index (χ4n) is 4.96. The topological polar surface area (TPSA) is 201 Å². The molecule has 0 unspecified atom stereocenters. The highest BCUT2D eigenvalue weighted by Crippen LogP contribution is 2.23. The second-order valence-corrected chi connectivity index (χ2v) is 15.0. The van der Waals surface area contributed by atoms with Crippen LogP contribution in [0.15, 0.2) is 83.9 Å². The van der Waals surface area contributed by atoms with Crippen LogP contribution >= 0.6 is 0 Å². The number of pyridine rings is 1. The van der Waals surface area contributed by atoms with Gasteiger partial charge >= 0.3 is 0 Å². The van der Waals surface area contributed by atoms with E-state index in [1.807, 2.05) is 19.9 Å². The first-order chi connectivity index (χ1) is 23.0. The van der Waals surface area contributed by atoms with Crippen molar-refractivity contribution in [3.05, 3.63) is 100 Å². The molecule has 0 radical (unpaired) electrons. The number of carbonyl (C=O) groups excluding carboxylic acids is 3. The van der Waals surface area contributed by atoms with Crippen molar-refractivity contribution in [3.8, 4) is 0 Å². The summed E-state index contributed by atoms with van der Waals surface area (Å²) in [5.41, 5.74) is -0.193. The molecule has 3 amide bonds. The number of sulfonamides is 1. The number of nitro groups is 1. The van der Waals surface area contributed by atoms with E-state index in [-0.39, 0.29) is 35.2 Å². The smallest absolute Gasteiger partial charge is 0.270 e. The van der Waals surface area contributed by atoms with Gasteiger partial charge in [0.15, 0.2) is 0 Å². The Hall–Kier alpha value is -4.73. The number of nitro benzene ring substituents is 1. The van der Waals surface area contributed by atoms with Crippen LogP contribution in [-0.4, -0.2) is 83.3 Å². The summed E-state index contributed by atoms with van der Waals surface area (Å²) in [5.74, 6) is -1.96. The number of hydrogen-bond acceptors (Lipinski definition) is 9. The predicted molar refractivity (Wildman–Crippen MR) is 183 cm³/mol. The van der Waals surface area contributed by atoms with E-state index < -0.39 is 69.4 Å². The lowest BCUT2D eigenvalue weighted by atomic mass is 9.85. The van der Waals surface area contributed by atoms with E-state index in [4.69, 9.17) is 0 Å². The number of carbonyl (C=O) groups is 3. The Morgan fingerprint density at radius 1 is 0.939 bits per heavy atom. The Morgan fingerprint density at radius 2 is 1.57 bits per heavy atom. The summed E-state index contributed by atoms with van der Waals surface area (Å²) < 4.78 is 28.5. The second-order valence-electron chi connectivity index (χ2n) is 13.1. The Kier molecular flexibility index (Phi) is 13.5. The molecular formula is C34H44N6O8S. The van der Waals surface area contributed by atoms with Crippen molar-refractivity contribution in [2.45, 2.75) is 64.1 Å². The molecule has 1 aromatic heterocycles. The molecule has 0 saturated carbocycles. The van der Waals surface area contributed by atoms with Gasteiger partial charge in [0.1, 0.15) is 11.7 Å². The molecule has 2 aromatic carbocycles. The number of nitrogens with one attached hydrogen (secondary N) is 3. The standard InChI is InChI=1S/C34H44N6O8S/c1-23(2)21-39(49(47,48)26-16-14-25(15-17-26)40(45)46)22-29(41)28(19-24-11-7-6-8-12-24)37-33(44)31(34(3,4)5)38-30(42)20-36-32(43)27-13-9-10-18-35-27/h6-18,23,28-29,31,41H,19-22H2,1-5H3,(H,36,43)(H,37,44)(H,38,42)/t28-,29+,31+/m0/s1. The molecule has 1 heterocycles. The van der Waals surface area contributed by atoms with Crippen LogP contribution in [0.25, 0.3) is 0 Å². The summed E-state index contributed by atoms with van der Waals surface area (Å²) in [5, 5.41) is 30.7. The molecule has 0 spiro atoms. The van der Waals surface area contributed by atoms with Crippen molar-refractivity contribution in [3.63, 3.8) is 0 Å². The Labute approximate surface area is 286 Å². The summed E-state index contributed by atoms with van der Waals surface area (Å²) in [6.07, 6.45) is 0.165. The maximum absolute atomic E-state index is 13.8. The highest BCUT2D eigenvalue weighted by Gasteiger charge is 2.37. The Balaban J connectivity index is 1.84. The number of benzene rings is 2. The summed E-state index contributed by atoms with van der Waals surface area (Å²) >= 11 is 0. The number of rotatable bonds is 16.